The van der Waals surface area contributed by atoms with Gasteiger partial charge in [-0.25, -0.2) is 4.39 Å². The van der Waals surface area contributed by atoms with Crippen LogP contribution in [-0.2, 0) is 11.3 Å². The third-order valence-corrected chi connectivity index (χ3v) is 6.46. The maximum atomic E-state index is 14.3. The third-order valence-electron chi connectivity index (χ3n) is 6.46. The summed E-state index contributed by atoms with van der Waals surface area (Å²) in [5, 5.41) is 13.9. The van der Waals surface area contributed by atoms with E-state index in [1.54, 1.807) is 0 Å². The lowest BCUT2D eigenvalue weighted by Crippen LogP contribution is -2.46. The Morgan fingerprint density at radius 2 is 1.97 bits per heavy atom. The SMILES string of the molecule is O=C1Nc2cc(CN3CCN(c4ccc([N+](=O)[O-])cc4F)CC3)ccc2C2=NCCCC12. The van der Waals surface area contributed by atoms with Crippen molar-refractivity contribution in [3.05, 3.63) is 63.5 Å². The monoisotopic (exact) mass is 437 g/mol. The fourth-order valence-electron chi connectivity index (χ4n) is 4.78. The van der Waals surface area contributed by atoms with E-state index in [-0.39, 0.29) is 17.5 Å². The van der Waals surface area contributed by atoms with Crippen LogP contribution in [0.15, 0.2) is 41.4 Å². The smallest absolute Gasteiger partial charge is 0.272 e. The summed E-state index contributed by atoms with van der Waals surface area (Å²) in [5.41, 5.74) is 4.03. The second-order valence-electron chi connectivity index (χ2n) is 8.49. The number of benzene rings is 2. The minimum absolute atomic E-state index is 0.0341. The van der Waals surface area contributed by atoms with E-state index in [4.69, 9.17) is 0 Å². The van der Waals surface area contributed by atoms with Gasteiger partial charge in [0.2, 0.25) is 5.91 Å². The van der Waals surface area contributed by atoms with E-state index in [0.717, 1.165) is 67.6 Å². The predicted molar refractivity (Wildman–Crippen MR) is 120 cm³/mol. The maximum Gasteiger partial charge on any atom is 0.272 e. The molecule has 2 aromatic rings. The number of carbonyl (C=O) groups is 1. The molecule has 1 fully saturated rings. The molecule has 1 atom stereocenters. The molecule has 2 aromatic carbocycles. The Balaban J connectivity index is 1.24. The summed E-state index contributed by atoms with van der Waals surface area (Å²) in [5.74, 6) is -0.663. The number of rotatable bonds is 4. The van der Waals surface area contributed by atoms with Gasteiger partial charge < -0.3 is 10.2 Å². The predicted octanol–water partition coefficient (Wildman–Crippen LogP) is 3.21. The number of anilines is 2. The first-order chi connectivity index (χ1) is 15.5. The Kier molecular flexibility index (Phi) is 5.34. The van der Waals surface area contributed by atoms with Crippen molar-refractivity contribution in [1.82, 2.24) is 4.90 Å². The van der Waals surface area contributed by atoms with Crippen LogP contribution in [0.1, 0.15) is 24.0 Å². The maximum absolute atomic E-state index is 14.3. The van der Waals surface area contributed by atoms with Crippen LogP contribution in [0.4, 0.5) is 21.5 Å². The number of fused-ring (bicyclic) bond motifs is 3. The molecule has 32 heavy (non-hydrogen) atoms. The van der Waals surface area contributed by atoms with Gasteiger partial charge in [-0.2, -0.15) is 0 Å². The van der Waals surface area contributed by atoms with Crippen LogP contribution in [0, 0.1) is 21.8 Å². The largest absolute Gasteiger partial charge is 0.367 e. The van der Waals surface area contributed by atoms with E-state index < -0.39 is 10.7 Å². The van der Waals surface area contributed by atoms with E-state index in [2.05, 4.69) is 27.3 Å². The molecule has 1 saturated heterocycles. The number of piperazine rings is 1. The topological polar surface area (TPSA) is 91.1 Å². The molecule has 166 valence electrons. The first kappa shape index (κ1) is 20.6. The number of hydrogen-bond donors (Lipinski definition) is 1. The minimum atomic E-state index is -0.590. The highest BCUT2D eigenvalue weighted by atomic mass is 19.1. The Morgan fingerprint density at radius 1 is 1.16 bits per heavy atom. The first-order valence-electron chi connectivity index (χ1n) is 10.9. The number of nitro benzene ring substituents is 1. The summed E-state index contributed by atoms with van der Waals surface area (Å²) in [6, 6.07) is 9.98. The molecule has 8 nitrogen and oxygen atoms in total. The standard InChI is InChI=1S/C23H24FN5O3/c24-19-13-16(29(31)32)4-6-21(19)28-10-8-27(9-11-28)14-15-3-5-17-20(12-15)26-23(30)18-2-1-7-25-22(17)18/h3-6,12-13,18H,1-2,7-11,14H2,(H,26,30). The van der Waals surface area contributed by atoms with Crippen molar-refractivity contribution in [3.63, 3.8) is 0 Å². The van der Waals surface area contributed by atoms with E-state index >= 15 is 0 Å². The van der Waals surface area contributed by atoms with Crippen LogP contribution in [0.5, 0.6) is 0 Å². The molecule has 0 spiro atoms. The van der Waals surface area contributed by atoms with Crippen molar-refractivity contribution in [3.8, 4) is 0 Å². The average molecular weight is 437 g/mol. The number of carbonyl (C=O) groups excluding carboxylic acids is 1. The van der Waals surface area contributed by atoms with Crippen molar-refractivity contribution >= 4 is 28.7 Å². The molecule has 3 aliphatic rings. The van der Waals surface area contributed by atoms with E-state index in [1.807, 2.05) is 11.0 Å². The number of nitro groups is 1. The molecule has 0 saturated carbocycles. The van der Waals surface area contributed by atoms with E-state index in [0.29, 0.717) is 18.8 Å². The summed E-state index contributed by atoms with van der Waals surface area (Å²) in [6.45, 7) is 4.27. The number of nitrogens with zero attached hydrogens (tertiary/aromatic N) is 4. The van der Waals surface area contributed by atoms with Gasteiger partial charge in [0.05, 0.1) is 34.0 Å². The number of non-ortho nitro benzene ring substituents is 1. The van der Waals surface area contributed by atoms with Crippen molar-refractivity contribution in [2.45, 2.75) is 19.4 Å². The van der Waals surface area contributed by atoms with Gasteiger partial charge in [-0.15, -0.1) is 0 Å². The molecule has 1 amide bonds. The molecule has 3 aliphatic heterocycles. The average Bonchev–Trinajstić information content (AvgIpc) is 2.80. The Hall–Kier alpha value is -3.33. The zero-order valence-corrected chi connectivity index (χ0v) is 17.6. The van der Waals surface area contributed by atoms with Crippen molar-refractivity contribution in [2.75, 3.05) is 42.9 Å². The first-order valence-corrected chi connectivity index (χ1v) is 10.9. The molecule has 0 aliphatic carbocycles. The van der Waals surface area contributed by atoms with Crippen LogP contribution in [0.3, 0.4) is 0 Å². The second-order valence-corrected chi connectivity index (χ2v) is 8.49. The van der Waals surface area contributed by atoms with Crippen molar-refractivity contribution in [1.29, 1.82) is 0 Å². The molecule has 0 aromatic heterocycles. The zero-order valence-electron chi connectivity index (χ0n) is 17.6. The van der Waals surface area contributed by atoms with Crippen molar-refractivity contribution < 1.29 is 14.1 Å². The van der Waals surface area contributed by atoms with Gasteiger partial charge in [0, 0.05) is 50.9 Å². The molecular weight excluding hydrogens is 413 g/mol. The summed E-state index contributed by atoms with van der Waals surface area (Å²) in [6.07, 6.45) is 1.80. The Morgan fingerprint density at radius 3 is 2.72 bits per heavy atom. The molecule has 5 rings (SSSR count). The summed E-state index contributed by atoms with van der Waals surface area (Å²) in [7, 11) is 0. The van der Waals surface area contributed by atoms with Gasteiger partial charge in [0.15, 0.2) is 5.82 Å². The fraction of sp³-hybridized carbons (Fsp3) is 0.391. The number of amides is 1. The lowest BCUT2D eigenvalue weighted by molar-refractivity contribution is -0.385. The van der Waals surface area contributed by atoms with Gasteiger partial charge >= 0.3 is 0 Å². The summed E-state index contributed by atoms with van der Waals surface area (Å²) in [4.78, 5) is 31.5. The van der Waals surface area contributed by atoms with Crippen LogP contribution < -0.4 is 10.2 Å². The molecule has 0 radical (unpaired) electrons. The third kappa shape index (κ3) is 3.84. The molecule has 1 N–H and O–H groups in total. The highest BCUT2D eigenvalue weighted by Gasteiger charge is 2.33. The second kappa shape index (κ2) is 8.31. The van der Waals surface area contributed by atoms with Gasteiger partial charge in [0.25, 0.3) is 5.69 Å². The molecule has 1 unspecified atom stereocenters. The highest BCUT2D eigenvalue weighted by Crippen LogP contribution is 2.32. The van der Waals surface area contributed by atoms with Crippen molar-refractivity contribution in [2.24, 2.45) is 10.9 Å². The Bertz CT molecular complexity index is 1110. The molecule has 9 heteroatoms. The Labute approximate surface area is 184 Å². The molecular formula is C23H24FN5O3. The van der Waals surface area contributed by atoms with Gasteiger partial charge in [-0.3, -0.25) is 24.8 Å². The van der Waals surface area contributed by atoms with Crippen LogP contribution >= 0.6 is 0 Å². The number of nitrogens with one attached hydrogen (secondary N) is 1. The fourth-order valence-corrected chi connectivity index (χ4v) is 4.78. The van der Waals surface area contributed by atoms with Gasteiger partial charge in [-0.05, 0) is 30.5 Å². The minimum Gasteiger partial charge on any atom is -0.367 e. The highest BCUT2D eigenvalue weighted by molar-refractivity contribution is 6.23. The normalized spacial score (nSPS) is 20.8. The van der Waals surface area contributed by atoms with Crippen LogP contribution in [0.25, 0.3) is 0 Å². The number of halogens is 1. The zero-order chi connectivity index (χ0) is 22.2. The number of aliphatic imine (C=N–C) groups is 1. The lowest BCUT2D eigenvalue weighted by Gasteiger charge is -2.36. The molecule has 0 bridgehead atoms. The van der Waals surface area contributed by atoms with Gasteiger partial charge in [0.1, 0.15) is 0 Å². The van der Waals surface area contributed by atoms with E-state index in [1.165, 1.54) is 12.1 Å². The quantitative estimate of drug-likeness (QED) is 0.586. The summed E-state index contributed by atoms with van der Waals surface area (Å²) < 4.78 is 14.3. The van der Waals surface area contributed by atoms with Gasteiger partial charge in [-0.1, -0.05) is 12.1 Å². The molecule has 3 heterocycles. The van der Waals surface area contributed by atoms with Crippen LogP contribution in [-0.4, -0.2) is 54.2 Å². The number of hydrogen-bond acceptors (Lipinski definition) is 6. The van der Waals surface area contributed by atoms with Crippen LogP contribution in [0.2, 0.25) is 0 Å². The summed E-state index contributed by atoms with van der Waals surface area (Å²) >= 11 is 0. The lowest BCUT2D eigenvalue weighted by atomic mass is 9.85. The van der Waals surface area contributed by atoms with E-state index in [9.17, 15) is 19.3 Å².